The second-order valence-corrected chi connectivity index (χ2v) is 7.64. The molecule has 2 atom stereocenters. The molecule has 100 valence electrons. The largest absolute Gasteiger partial charge is 0.598 e. The van der Waals surface area contributed by atoms with Gasteiger partial charge in [-0.15, -0.1) is 4.72 Å². The lowest BCUT2D eigenvalue weighted by Gasteiger charge is -2.27. The zero-order chi connectivity index (χ0) is 13.3. The maximum absolute atomic E-state index is 12.1. The van der Waals surface area contributed by atoms with Crippen LogP contribution in [0.4, 0.5) is 0 Å². The Bertz CT molecular complexity index is 428. The fraction of sp³-hybridized carbons (Fsp3) is 0.571. The molecule has 0 spiro atoms. The summed E-state index contributed by atoms with van der Waals surface area (Å²) in [6.07, 6.45) is 0.944. The number of hydrogen-bond donors (Lipinski definition) is 1. The molecule has 1 heterocycles. The van der Waals surface area contributed by atoms with Crippen molar-refractivity contribution in [2.24, 2.45) is 0 Å². The first-order chi connectivity index (χ1) is 8.39. The Labute approximate surface area is 112 Å². The Balaban J connectivity index is 2.15. The van der Waals surface area contributed by atoms with E-state index in [2.05, 4.69) is 17.7 Å². The van der Waals surface area contributed by atoms with Crippen molar-refractivity contribution in [3.8, 4) is 5.75 Å². The van der Waals surface area contributed by atoms with Gasteiger partial charge in [0.05, 0.1) is 12.6 Å². The monoisotopic (exact) mass is 267 g/mol. The molecule has 0 bridgehead atoms. The molecule has 0 fully saturated rings. The lowest BCUT2D eigenvalue weighted by atomic mass is 10.0. The van der Waals surface area contributed by atoms with Gasteiger partial charge >= 0.3 is 0 Å². The van der Waals surface area contributed by atoms with E-state index in [0.717, 1.165) is 18.8 Å². The van der Waals surface area contributed by atoms with Gasteiger partial charge in [-0.1, -0.05) is 12.1 Å². The van der Waals surface area contributed by atoms with Crippen LogP contribution in [0.15, 0.2) is 18.2 Å². The first-order valence-corrected chi connectivity index (χ1v) is 7.47. The number of rotatable bonds is 3. The van der Waals surface area contributed by atoms with Crippen molar-refractivity contribution in [3.63, 3.8) is 0 Å². The lowest BCUT2D eigenvalue weighted by molar-refractivity contribution is 0.357. The molecule has 0 saturated carbocycles. The molecule has 1 aromatic carbocycles. The van der Waals surface area contributed by atoms with Crippen LogP contribution in [-0.4, -0.2) is 15.9 Å². The molecular formula is C14H21NO2S. The van der Waals surface area contributed by atoms with Crippen molar-refractivity contribution < 1.29 is 9.29 Å². The zero-order valence-electron chi connectivity index (χ0n) is 11.4. The van der Waals surface area contributed by atoms with Crippen LogP contribution in [0, 0.1) is 0 Å². The molecule has 0 saturated heterocycles. The van der Waals surface area contributed by atoms with E-state index in [-0.39, 0.29) is 10.8 Å². The third kappa shape index (κ3) is 2.82. The highest BCUT2D eigenvalue weighted by atomic mass is 32.2. The van der Waals surface area contributed by atoms with Crippen LogP contribution in [0.3, 0.4) is 0 Å². The highest BCUT2D eigenvalue weighted by Crippen LogP contribution is 2.32. The van der Waals surface area contributed by atoms with Gasteiger partial charge in [0.2, 0.25) is 0 Å². The molecule has 1 aromatic rings. The van der Waals surface area contributed by atoms with Crippen LogP contribution >= 0.6 is 0 Å². The summed E-state index contributed by atoms with van der Waals surface area (Å²) in [4.78, 5) is 0. The van der Waals surface area contributed by atoms with Gasteiger partial charge in [-0.25, -0.2) is 0 Å². The summed E-state index contributed by atoms with van der Waals surface area (Å²) in [5, 5.41) is 0. The van der Waals surface area contributed by atoms with Crippen LogP contribution in [-0.2, 0) is 17.8 Å². The second-order valence-electron chi connectivity index (χ2n) is 5.64. The summed E-state index contributed by atoms with van der Waals surface area (Å²) in [6.45, 7) is 8.73. The summed E-state index contributed by atoms with van der Waals surface area (Å²) in [7, 11) is 0. The Morgan fingerprint density at radius 3 is 2.78 bits per heavy atom. The van der Waals surface area contributed by atoms with Gasteiger partial charge < -0.3 is 9.29 Å². The smallest absolute Gasteiger partial charge is 0.136 e. The van der Waals surface area contributed by atoms with Gasteiger partial charge in [-0.3, -0.25) is 0 Å². The minimum atomic E-state index is -1.06. The van der Waals surface area contributed by atoms with Gasteiger partial charge in [0.15, 0.2) is 0 Å². The Kier molecular flexibility index (Phi) is 3.90. The van der Waals surface area contributed by atoms with E-state index < -0.39 is 11.4 Å². The predicted molar refractivity (Wildman–Crippen MR) is 75.1 cm³/mol. The molecule has 1 aliphatic heterocycles. The average molecular weight is 267 g/mol. The van der Waals surface area contributed by atoms with E-state index in [0.29, 0.717) is 0 Å². The molecule has 0 radical (unpaired) electrons. The number of hydrogen-bond acceptors (Lipinski definition) is 3. The Morgan fingerprint density at radius 2 is 2.11 bits per heavy atom. The quantitative estimate of drug-likeness (QED) is 0.856. The van der Waals surface area contributed by atoms with Crippen LogP contribution in [0.1, 0.15) is 44.9 Å². The van der Waals surface area contributed by atoms with E-state index in [1.807, 2.05) is 32.9 Å². The van der Waals surface area contributed by atoms with Crippen molar-refractivity contribution in [1.82, 2.24) is 4.72 Å². The predicted octanol–water partition coefficient (Wildman–Crippen LogP) is 2.73. The molecule has 0 amide bonds. The van der Waals surface area contributed by atoms with Gasteiger partial charge in [0, 0.05) is 23.3 Å². The number of ether oxygens (including phenoxy) is 1. The molecule has 0 aromatic heterocycles. The molecule has 0 unspecified atom stereocenters. The summed E-state index contributed by atoms with van der Waals surface area (Å²) < 4.78 is 20.6. The summed E-state index contributed by atoms with van der Waals surface area (Å²) >= 11 is -1.06. The molecular weight excluding hydrogens is 246 g/mol. The van der Waals surface area contributed by atoms with Crippen LogP contribution < -0.4 is 9.46 Å². The van der Waals surface area contributed by atoms with Gasteiger partial charge in [-0.05, 0) is 39.3 Å². The summed E-state index contributed by atoms with van der Waals surface area (Å²) in [5.41, 5.74) is 2.45. The van der Waals surface area contributed by atoms with Crippen molar-refractivity contribution in [1.29, 1.82) is 0 Å². The lowest BCUT2D eigenvalue weighted by Crippen LogP contribution is -2.40. The van der Waals surface area contributed by atoms with E-state index in [9.17, 15) is 4.55 Å². The number of fused-ring (bicyclic) bond motifs is 1. The average Bonchev–Trinajstić information content (AvgIpc) is 2.74. The Morgan fingerprint density at radius 1 is 1.39 bits per heavy atom. The van der Waals surface area contributed by atoms with Crippen molar-refractivity contribution in [3.05, 3.63) is 29.3 Å². The fourth-order valence-corrected chi connectivity index (χ4v) is 2.86. The first-order valence-electron chi connectivity index (χ1n) is 6.32. The minimum absolute atomic E-state index is 0.0710. The normalized spacial score (nSPS) is 18.1. The fourth-order valence-electron chi connectivity index (χ4n) is 2.05. The second kappa shape index (κ2) is 5.11. The van der Waals surface area contributed by atoms with Crippen molar-refractivity contribution in [2.45, 2.75) is 44.9 Å². The van der Waals surface area contributed by atoms with Crippen LogP contribution in [0.25, 0.3) is 0 Å². The first kappa shape index (κ1) is 13.7. The maximum atomic E-state index is 12.1. The molecule has 1 N–H and O–H groups in total. The zero-order valence-corrected chi connectivity index (χ0v) is 12.3. The molecule has 3 nitrogen and oxygen atoms in total. The molecule has 18 heavy (non-hydrogen) atoms. The van der Waals surface area contributed by atoms with E-state index in [1.54, 1.807) is 0 Å². The van der Waals surface area contributed by atoms with E-state index >= 15 is 0 Å². The maximum Gasteiger partial charge on any atom is 0.136 e. The highest BCUT2D eigenvalue weighted by molar-refractivity contribution is 7.90. The topological polar surface area (TPSA) is 44.3 Å². The third-order valence-corrected chi connectivity index (χ3v) is 4.77. The standard InChI is InChI=1S/C14H21NO2S/c1-10(15-18(16)14(2,3)4)11-6-5-7-13-12(11)8-9-17-13/h5-7,10,15H,8-9H2,1-4H3/t10-,18+/m0/s1. The number of benzene rings is 1. The molecule has 4 heteroatoms. The molecule has 0 aliphatic carbocycles. The highest BCUT2D eigenvalue weighted by Gasteiger charge is 2.29. The van der Waals surface area contributed by atoms with Crippen molar-refractivity contribution in [2.75, 3.05) is 6.61 Å². The minimum Gasteiger partial charge on any atom is -0.598 e. The number of nitrogens with one attached hydrogen (secondary N) is 1. The van der Waals surface area contributed by atoms with E-state index in [4.69, 9.17) is 4.74 Å². The van der Waals surface area contributed by atoms with Gasteiger partial charge in [0.25, 0.3) is 0 Å². The van der Waals surface area contributed by atoms with Crippen molar-refractivity contribution >= 4 is 11.4 Å². The summed E-state index contributed by atoms with van der Waals surface area (Å²) in [5.74, 6) is 0.975. The van der Waals surface area contributed by atoms with Gasteiger partial charge in [-0.2, -0.15) is 0 Å². The van der Waals surface area contributed by atoms with Gasteiger partial charge in [0.1, 0.15) is 10.5 Å². The van der Waals surface area contributed by atoms with Crippen LogP contribution in [0.5, 0.6) is 5.75 Å². The molecule has 2 rings (SSSR count). The Hall–Kier alpha value is -0.710. The third-order valence-electron chi connectivity index (χ3n) is 3.09. The summed E-state index contributed by atoms with van der Waals surface area (Å²) in [6, 6.07) is 6.16. The SMILES string of the molecule is C[C@H](N[S@+]([O-])C(C)(C)C)c1cccc2c1CCO2. The molecule has 1 aliphatic rings. The van der Waals surface area contributed by atoms with Crippen LogP contribution in [0.2, 0.25) is 0 Å². The van der Waals surface area contributed by atoms with E-state index in [1.165, 1.54) is 11.1 Å².